The summed E-state index contributed by atoms with van der Waals surface area (Å²) in [4.78, 5) is 37.2. The van der Waals surface area contributed by atoms with E-state index in [0.29, 0.717) is 10.6 Å². The van der Waals surface area contributed by atoms with E-state index in [1.54, 1.807) is 24.3 Å². The Morgan fingerprint density at radius 1 is 1.16 bits per heavy atom. The molecule has 0 aliphatic rings. The number of carbonyl (C=O) groups is 3. The SMILES string of the molecule is CCc1cc(C(=O)OCC(=O)Nc2ccccc2C(=O)OC)sc1C. The van der Waals surface area contributed by atoms with Gasteiger partial charge in [-0.1, -0.05) is 19.1 Å². The third-order valence-electron chi connectivity index (χ3n) is 3.54. The molecule has 1 heterocycles. The van der Waals surface area contributed by atoms with Gasteiger partial charge in [-0.15, -0.1) is 11.3 Å². The number of anilines is 1. The van der Waals surface area contributed by atoms with Crippen LogP contribution in [0.15, 0.2) is 30.3 Å². The molecule has 6 nitrogen and oxygen atoms in total. The lowest BCUT2D eigenvalue weighted by atomic mass is 10.2. The number of hydrogen-bond acceptors (Lipinski definition) is 6. The zero-order chi connectivity index (χ0) is 18.4. The summed E-state index contributed by atoms with van der Waals surface area (Å²) in [5.41, 5.74) is 1.62. The Kier molecular flexibility index (Phi) is 6.30. The molecule has 0 saturated heterocycles. The molecule has 0 unspecified atom stereocenters. The van der Waals surface area contributed by atoms with Gasteiger partial charge >= 0.3 is 11.9 Å². The van der Waals surface area contributed by atoms with E-state index in [4.69, 9.17) is 4.74 Å². The number of thiophene rings is 1. The molecule has 0 aliphatic carbocycles. The summed E-state index contributed by atoms with van der Waals surface area (Å²) in [7, 11) is 1.26. The van der Waals surface area contributed by atoms with Gasteiger partial charge in [-0.3, -0.25) is 4.79 Å². The fourth-order valence-electron chi connectivity index (χ4n) is 2.24. The summed E-state index contributed by atoms with van der Waals surface area (Å²) in [6.45, 7) is 3.51. The van der Waals surface area contributed by atoms with Crippen LogP contribution in [0.3, 0.4) is 0 Å². The monoisotopic (exact) mass is 361 g/mol. The number of methoxy groups -OCH3 is 1. The van der Waals surface area contributed by atoms with E-state index >= 15 is 0 Å². The molecule has 0 fully saturated rings. The lowest BCUT2D eigenvalue weighted by molar-refractivity contribution is -0.119. The number of amides is 1. The number of benzene rings is 1. The second kappa shape index (κ2) is 8.43. The zero-order valence-corrected chi connectivity index (χ0v) is 15.1. The predicted octanol–water partition coefficient (Wildman–Crippen LogP) is 3.20. The third kappa shape index (κ3) is 4.67. The van der Waals surface area contributed by atoms with Crippen molar-refractivity contribution in [1.29, 1.82) is 0 Å². The second-order valence-electron chi connectivity index (χ2n) is 5.21. The molecule has 0 radical (unpaired) electrons. The van der Waals surface area contributed by atoms with Gasteiger partial charge in [0.1, 0.15) is 4.88 Å². The maximum absolute atomic E-state index is 12.0. The molecule has 0 spiro atoms. The maximum atomic E-state index is 12.0. The lowest BCUT2D eigenvalue weighted by Gasteiger charge is -2.09. The van der Waals surface area contributed by atoms with E-state index in [2.05, 4.69) is 10.1 Å². The zero-order valence-electron chi connectivity index (χ0n) is 14.3. The highest BCUT2D eigenvalue weighted by Crippen LogP contribution is 2.22. The van der Waals surface area contributed by atoms with Gasteiger partial charge in [-0.25, -0.2) is 9.59 Å². The van der Waals surface area contributed by atoms with Crippen LogP contribution in [-0.4, -0.2) is 31.6 Å². The van der Waals surface area contributed by atoms with Gasteiger partial charge in [0, 0.05) is 4.88 Å². The Balaban J connectivity index is 1.97. The Morgan fingerprint density at radius 2 is 1.88 bits per heavy atom. The minimum Gasteiger partial charge on any atom is -0.465 e. The van der Waals surface area contributed by atoms with Crippen LogP contribution < -0.4 is 5.32 Å². The summed E-state index contributed by atoms with van der Waals surface area (Å²) in [6, 6.07) is 8.23. The van der Waals surface area contributed by atoms with Crippen LogP contribution in [0, 0.1) is 6.92 Å². The van der Waals surface area contributed by atoms with Gasteiger partial charge in [0.15, 0.2) is 6.61 Å². The molecule has 1 amide bonds. The molecule has 132 valence electrons. The minimum absolute atomic E-state index is 0.228. The quantitative estimate of drug-likeness (QED) is 0.799. The van der Waals surface area contributed by atoms with Crippen LogP contribution in [0.1, 0.15) is 37.4 Å². The predicted molar refractivity (Wildman–Crippen MR) is 95.1 cm³/mol. The van der Waals surface area contributed by atoms with Gasteiger partial charge in [-0.05, 0) is 37.1 Å². The number of nitrogens with one attached hydrogen (secondary N) is 1. The van der Waals surface area contributed by atoms with Crippen LogP contribution in [-0.2, 0) is 20.7 Å². The molecule has 0 atom stereocenters. The Hall–Kier alpha value is -2.67. The van der Waals surface area contributed by atoms with Crippen molar-refractivity contribution in [2.45, 2.75) is 20.3 Å². The van der Waals surface area contributed by atoms with Crippen molar-refractivity contribution < 1.29 is 23.9 Å². The highest BCUT2D eigenvalue weighted by atomic mass is 32.1. The van der Waals surface area contributed by atoms with Crippen LogP contribution in [0.5, 0.6) is 0 Å². The van der Waals surface area contributed by atoms with Gasteiger partial charge < -0.3 is 14.8 Å². The smallest absolute Gasteiger partial charge is 0.348 e. The molecular weight excluding hydrogens is 342 g/mol. The summed E-state index contributed by atoms with van der Waals surface area (Å²) >= 11 is 1.34. The Bertz CT molecular complexity index is 797. The molecular formula is C18H19NO5S. The second-order valence-corrected chi connectivity index (χ2v) is 6.46. The largest absolute Gasteiger partial charge is 0.465 e. The van der Waals surface area contributed by atoms with E-state index in [0.717, 1.165) is 16.9 Å². The standard InChI is InChI=1S/C18H19NO5S/c1-4-12-9-15(25-11(12)2)18(22)24-10-16(20)19-14-8-6-5-7-13(14)17(21)23-3/h5-9H,4,10H2,1-3H3,(H,19,20). The van der Waals surface area contributed by atoms with Crippen molar-refractivity contribution in [3.05, 3.63) is 51.2 Å². The van der Waals surface area contributed by atoms with Crippen LogP contribution in [0.25, 0.3) is 0 Å². The van der Waals surface area contributed by atoms with Crippen molar-refractivity contribution in [3.63, 3.8) is 0 Å². The lowest BCUT2D eigenvalue weighted by Crippen LogP contribution is -2.22. The van der Waals surface area contributed by atoms with Crippen molar-refractivity contribution in [3.8, 4) is 0 Å². The number of hydrogen-bond donors (Lipinski definition) is 1. The van der Waals surface area contributed by atoms with E-state index in [-0.39, 0.29) is 5.56 Å². The molecule has 2 rings (SSSR count). The molecule has 1 aromatic heterocycles. The molecule has 1 N–H and O–H groups in total. The van der Waals surface area contributed by atoms with Crippen molar-refractivity contribution in [2.75, 3.05) is 19.0 Å². The van der Waals surface area contributed by atoms with E-state index in [1.807, 2.05) is 13.8 Å². The first-order valence-corrected chi connectivity index (χ1v) is 8.51. The first-order valence-electron chi connectivity index (χ1n) is 7.69. The van der Waals surface area contributed by atoms with E-state index in [1.165, 1.54) is 24.5 Å². The number of rotatable bonds is 6. The molecule has 7 heteroatoms. The van der Waals surface area contributed by atoms with Crippen LogP contribution >= 0.6 is 11.3 Å². The summed E-state index contributed by atoms with van der Waals surface area (Å²) < 4.78 is 9.71. The number of para-hydroxylation sites is 1. The average molecular weight is 361 g/mol. The highest BCUT2D eigenvalue weighted by molar-refractivity contribution is 7.14. The normalized spacial score (nSPS) is 10.2. The molecule has 0 aliphatic heterocycles. The summed E-state index contributed by atoms with van der Waals surface area (Å²) in [5, 5.41) is 2.55. The van der Waals surface area contributed by atoms with Gasteiger partial charge in [0.25, 0.3) is 5.91 Å². The average Bonchev–Trinajstić information content (AvgIpc) is 3.00. The molecule has 2 aromatic rings. The van der Waals surface area contributed by atoms with E-state index in [9.17, 15) is 14.4 Å². The number of aryl methyl sites for hydroxylation is 2. The van der Waals surface area contributed by atoms with Gasteiger partial charge in [0.05, 0.1) is 18.4 Å². The van der Waals surface area contributed by atoms with Crippen LogP contribution in [0.2, 0.25) is 0 Å². The van der Waals surface area contributed by atoms with E-state index < -0.39 is 24.5 Å². The maximum Gasteiger partial charge on any atom is 0.348 e. The highest BCUT2D eigenvalue weighted by Gasteiger charge is 2.16. The fourth-order valence-corrected chi connectivity index (χ4v) is 3.25. The van der Waals surface area contributed by atoms with Gasteiger partial charge in [-0.2, -0.15) is 0 Å². The van der Waals surface area contributed by atoms with Crippen molar-refractivity contribution in [1.82, 2.24) is 0 Å². The summed E-state index contributed by atoms with van der Waals surface area (Å²) in [5.74, 6) is -1.63. The van der Waals surface area contributed by atoms with Crippen LogP contribution in [0.4, 0.5) is 5.69 Å². The molecule has 0 bridgehead atoms. The number of ether oxygens (including phenoxy) is 2. The van der Waals surface area contributed by atoms with Crippen molar-refractivity contribution in [2.24, 2.45) is 0 Å². The first kappa shape index (κ1) is 18.7. The Morgan fingerprint density at radius 3 is 2.52 bits per heavy atom. The topological polar surface area (TPSA) is 81.7 Å². The van der Waals surface area contributed by atoms with Gasteiger partial charge in [0.2, 0.25) is 0 Å². The first-order chi connectivity index (χ1) is 12.0. The number of esters is 2. The Labute approximate surface area is 149 Å². The fraction of sp³-hybridized carbons (Fsp3) is 0.278. The number of carbonyl (C=O) groups excluding carboxylic acids is 3. The van der Waals surface area contributed by atoms with Crippen molar-refractivity contribution >= 4 is 34.9 Å². The summed E-state index contributed by atoms with van der Waals surface area (Å²) in [6.07, 6.45) is 0.834. The minimum atomic E-state index is -0.561. The molecule has 0 saturated carbocycles. The molecule has 1 aromatic carbocycles. The molecule has 25 heavy (non-hydrogen) atoms. The third-order valence-corrected chi connectivity index (χ3v) is 4.62.